The van der Waals surface area contributed by atoms with E-state index in [4.69, 9.17) is 0 Å². The quantitative estimate of drug-likeness (QED) is 0.603. The molecule has 0 spiro atoms. The van der Waals surface area contributed by atoms with Gasteiger partial charge in [-0.1, -0.05) is 24.3 Å². The molecule has 0 nitrogen and oxygen atoms in total. The molecule has 0 unspecified atom stereocenters. The lowest BCUT2D eigenvalue weighted by Gasteiger charge is -1.95. The highest BCUT2D eigenvalue weighted by Crippen LogP contribution is 2.15. The Kier molecular flexibility index (Phi) is 3.24. The van der Waals surface area contributed by atoms with Gasteiger partial charge < -0.3 is 0 Å². The highest BCUT2D eigenvalue weighted by atomic mass is 32.2. The summed E-state index contributed by atoms with van der Waals surface area (Å²) in [6.45, 7) is 2.03. The second kappa shape index (κ2) is 4.24. The van der Waals surface area contributed by atoms with E-state index in [1.54, 1.807) is 11.8 Å². The highest BCUT2D eigenvalue weighted by molar-refractivity contribution is 7.98. The Hall–Kier alpha value is -0.690. The van der Waals surface area contributed by atoms with E-state index in [9.17, 15) is 0 Å². The fourth-order valence-corrected chi connectivity index (χ4v) is 1.32. The van der Waals surface area contributed by atoms with Crippen LogP contribution in [0.4, 0.5) is 0 Å². The molecule has 0 saturated heterocycles. The predicted octanol–water partition coefficient (Wildman–Crippen LogP) is 3.44. The second-order valence-electron chi connectivity index (χ2n) is 2.27. The van der Waals surface area contributed by atoms with E-state index in [1.807, 2.05) is 13.0 Å². The van der Waals surface area contributed by atoms with E-state index in [-0.39, 0.29) is 0 Å². The van der Waals surface area contributed by atoms with Crippen LogP contribution in [0.15, 0.2) is 35.2 Å². The summed E-state index contributed by atoms with van der Waals surface area (Å²) in [6, 6.07) is 8.54. The van der Waals surface area contributed by atoms with Crippen molar-refractivity contribution in [2.24, 2.45) is 0 Å². The summed E-state index contributed by atoms with van der Waals surface area (Å²) in [6.07, 6.45) is 6.24. The van der Waals surface area contributed by atoms with Crippen LogP contribution < -0.4 is 0 Å². The summed E-state index contributed by atoms with van der Waals surface area (Å²) in [7, 11) is 0. The summed E-state index contributed by atoms with van der Waals surface area (Å²) < 4.78 is 0. The van der Waals surface area contributed by atoms with Gasteiger partial charge in [0.05, 0.1) is 0 Å². The number of benzene rings is 1. The third kappa shape index (κ3) is 2.43. The molecule has 1 aromatic carbocycles. The van der Waals surface area contributed by atoms with Crippen molar-refractivity contribution in [3.05, 3.63) is 35.9 Å². The molecule has 0 aromatic heterocycles. The van der Waals surface area contributed by atoms with Crippen LogP contribution in [-0.4, -0.2) is 6.26 Å². The Morgan fingerprint density at radius 1 is 1.18 bits per heavy atom. The lowest BCUT2D eigenvalue weighted by Crippen LogP contribution is -1.71. The van der Waals surface area contributed by atoms with E-state index >= 15 is 0 Å². The van der Waals surface area contributed by atoms with Gasteiger partial charge in [-0.3, -0.25) is 0 Å². The maximum Gasteiger partial charge on any atom is 0.00695 e. The maximum absolute atomic E-state index is 2.14. The largest absolute Gasteiger partial charge is 0.130 e. The van der Waals surface area contributed by atoms with Crippen LogP contribution in [0.1, 0.15) is 12.5 Å². The lowest BCUT2D eigenvalue weighted by atomic mass is 10.2. The van der Waals surface area contributed by atoms with E-state index in [0.29, 0.717) is 0 Å². The Labute approximate surface area is 72.3 Å². The van der Waals surface area contributed by atoms with Gasteiger partial charge in [0.1, 0.15) is 0 Å². The first-order valence-electron chi connectivity index (χ1n) is 3.63. The number of rotatable bonds is 2. The molecule has 0 aliphatic rings. The zero-order valence-electron chi connectivity index (χ0n) is 6.87. The van der Waals surface area contributed by atoms with E-state index in [0.717, 1.165) is 0 Å². The van der Waals surface area contributed by atoms with Crippen LogP contribution in [0, 0.1) is 0 Å². The molecule has 0 atom stereocenters. The van der Waals surface area contributed by atoms with Gasteiger partial charge >= 0.3 is 0 Å². The summed E-state index contributed by atoms with van der Waals surface area (Å²) in [4.78, 5) is 1.32. The third-order valence-corrected chi connectivity index (χ3v) is 2.22. The zero-order valence-corrected chi connectivity index (χ0v) is 7.69. The molecule has 0 amide bonds. The van der Waals surface area contributed by atoms with Gasteiger partial charge in [0, 0.05) is 4.90 Å². The lowest BCUT2D eigenvalue weighted by molar-refractivity contribution is 1.45. The van der Waals surface area contributed by atoms with Crippen molar-refractivity contribution < 1.29 is 0 Å². The molecule has 58 valence electrons. The number of allylic oxidation sites excluding steroid dienone is 1. The molecular formula is C10H12S. The third-order valence-electron chi connectivity index (χ3n) is 1.47. The van der Waals surface area contributed by atoms with E-state index in [2.05, 4.69) is 36.6 Å². The van der Waals surface area contributed by atoms with Gasteiger partial charge in [0.2, 0.25) is 0 Å². The summed E-state index contributed by atoms with van der Waals surface area (Å²) in [5.41, 5.74) is 1.27. The van der Waals surface area contributed by atoms with Crippen molar-refractivity contribution in [2.75, 3.05) is 6.26 Å². The maximum atomic E-state index is 2.14. The summed E-state index contributed by atoms with van der Waals surface area (Å²) in [5, 5.41) is 0. The molecule has 1 rings (SSSR count). The molecule has 0 heterocycles. The van der Waals surface area contributed by atoms with Gasteiger partial charge in [0.25, 0.3) is 0 Å². The Bertz CT molecular complexity index is 234. The van der Waals surface area contributed by atoms with Crippen molar-refractivity contribution in [1.82, 2.24) is 0 Å². The molecule has 0 saturated carbocycles. The van der Waals surface area contributed by atoms with Gasteiger partial charge in [-0.15, -0.1) is 11.8 Å². The van der Waals surface area contributed by atoms with Crippen molar-refractivity contribution >= 4 is 17.8 Å². The normalized spacial score (nSPS) is 10.7. The topological polar surface area (TPSA) is 0 Å². The number of hydrogen-bond donors (Lipinski definition) is 0. The zero-order chi connectivity index (χ0) is 8.10. The van der Waals surface area contributed by atoms with Crippen molar-refractivity contribution in [3.63, 3.8) is 0 Å². The minimum absolute atomic E-state index is 1.27. The molecule has 0 radical (unpaired) electrons. The Morgan fingerprint density at radius 3 is 2.27 bits per heavy atom. The van der Waals surface area contributed by atoms with Crippen LogP contribution in [0.25, 0.3) is 6.08 Å². The van der Waals surface area contributed by atoms with Gasteiger partial charge in [-0.05, 0) is 30.9 Å². The average Bonchev–Trinajstić information content (AvgIpc) is 2.07. The number of hydrogen-bond acceptors (Lipinski definition) is 1. The van der Waals surface area contributed by atoms with Crippen LogP contribution >= 0.6 is 11.8 Å². The fraction of sp³-hybridized carbons (Fsp3) is 0.200. The molecule has 0 aliphatic carbocycles. The molecule has 1 aromatic rings. The molecular weight excluding hydrogens is 152 g/mol. The molecule has 0 N–H and O–H groups in total. The van der Waals surface area contributed by atoms with Crippen LogP contribution in [0.3, 0.4) is 0 Å². The summed E-state index contributed by atoms with van der Waals surface area (Å²) >= 11 is 1.77. The molecule has 0 aliphatic heterocycles. The SMILES string of the molecule is CC=Cc1ccc(SC)cc1. The van der Waals surface area contributed by atoms with Crippen LogP contribution in [-0.2, 0) is 0 Å². The molecule has 1 heteroatoms. The van der Waals surface area contributed by atoms with Gasteiger partial charge in [0.15, 0.2) is 0 Å². The minimum atomic E-state index is 1.27. The van der Waals surface area contributed by atoms with Crippen LogP contribution in [0.5, 0.6) is 0 Å². The van der Waals surface area contributed by atoms with Crippen molar-refractivity contribution in [2.45, 2.75) is 11.8 Å². The van der Waals surface area contributed by atoms with E-state index in [1.165, 1.54) is 10.5 Å². The van der Waals surface area contributed by atoms with Crippen molar-refractivity contribution in [3.8, 4) is 0 Å². The first-order valence-corrected chi connectivity index (χ1v) is 4.86. The minimum Gasteiger partial charge on any atom is -0.130 e. The standard InChI is InChI=1S/C10H12S/c1-3-4-9-5-7-10(11-2)8-6-9/h3-8H,1-2H3. The first-order chi connectivity index (χ1) is 5.36. The van der Waals surface area contributed by atoms with Crippen molar-refractivity contribution in [1.29, 1.82) is 0 Å². The highest BCUT2D eigenvalue weighted by Gasteiger charge is 1.87. The molecule has 11 heavy (non-hydrogen) atoms. The average molecular weight is 164 g/mol. The predicted molar refractivity (Wildman–Crippen MR) is 52.9 cm³/mol. The first kappa shape index (κ1) is 8.41. The van der Waals surface area contributed by atoms with Crippen LogP contribution in [0.2, 0.25) is 0 Å². The monoisotopic (exact) mass is 164 g/mol. The second-order valence-corrected chi connectivity index (χ2v) is 3.15. The van der Waals surface area contributed by atoms with Gasteiger partial charge in [-0.2, -0.15) is 0 Å². The Balaban J connectivity index is 2.82. The molecule has 0 fully saturated rings. The smallest absolute Gasteiger partial charge is 0.00695 e. The van der Waals surface area contributed by atoms with E-state index < -0.39 is 0 Å². The fourth-order valence-electron chi connectivity index (χ4n) is 0.907. The Morgan fingerprint density at radius 2 is 1.82 bits per heavy atom. The van der Waals surface area contributed by atoms with Gasteiger partial charge in [-0.25, -0.2) is 0 Å². The molecule has 0 bridgehead atoms. The summed E-state index contributed by atoms with van der Waals surface area (Å²) in [5.74, 6) is 0. The number of thioether (sulfide) groups is 1.